The average molecular weight is 542 g/mol. The molecule has 4 saturated carbocycles. The number of aliphatic hydroxyl groups is 2. The second-order valence-electron chi connectivity index (χ2n) is 13.7. The fraction of sp³-hybridized carbons (Fsp3) is 0.966. The molecule has 7 nitrogen and oxygen atoms in total. The Bertz CT molecular complexity index is 941. The fourth-order valence-electron chi connectivity index (χ4n) is 10.1. The molecule has 11 atom stereocenters. The van der Waals surface area contributed by atoms with E-state index in [9.17, 15) is 23.4 Å². The van der Waals surface area contributed by atoms with Crippen LogP contribution in [-0.4, -0.2) is 65.5 Å². The van der Waals surface area contributed by atoms with Crippen LogP contribution in [0.5, 0.6) is 0 Å². The molecule has 0 aromatic carbocycles. The van der Waals surface area contributed by atoms with E-state index >= 15 is 0 Å². The van der Waals surface area contributed by atoms with Gasteiger partial charge in [-0.05, 0) is 104 Å². The Balaban J connectivity index is 1.45. The minimum absolute atomic E-state index is 0.00556. The van der Waals surface area contributed by atoms with Gasteiger partial charge in [0.05, 0.1) is 18.0 Å². The average Bonchev–Trinajstić information content (AvgIpc) is 3.18. The third kappa shape index (κ3) is 5.38. The van der Waals surface area contributed by atoms with Gasteiger partial charge in [0.15, 0.2) is 0 Å². The summed E-state index contributed by atoms with van der Waals surface area (Å²) in [5, 5.41) is 22.3. The van der Waals surface area contributed by atoms with Crippen LogP contribution >= 0.6 is 0 Å². The number of carbonyl (C=O) groups excluding carboxylic acids is 1. The number of nitrogens with zero attached hydrogens (tertiary/aromatic N) is 1. The molecule has 4 aliphatic carbocycles. The number of hydrogen-bond donors (Lipinski definition) is 3. The van der Waals surface area contributed by atoms with E-state index in [1.165, 1.54) is 11.3 Å². The van der Waals surface area contributed by atoms with Crippen LogP contribution in [0.15, 0.2) is 0 Å². The van der Waals surface area contributed by atoms with Crippen molar-refractivity contribution in [3.05, 3.63) is 0 Å². The molecule has 0 unspecified atom stereocenters. The highest BCUT2D eigenvalue weighted by Gasteiger charge is 2.64. The maximum absolute atomic E-state index is 12.6. The van der Waals surface area contributed by atoms with Crippen molar-refractivity contribution in [3.8, 4) is 0 Å². The molecule has 214 valence electrons. The molecule has 3 N–H and O–H groups in total. The van der Waals surface area contributed by atoms with E-state index in [0.29, 0.717) is 41.9 Å². The van der Waals surface area contributed by atoms with Gasteiger partial charge in [0.1, 0.15) is 0 Å². The molecular formula is C29H51NO6S. The van der Waals surface area contributed by atoms with E-state index in [1.54, 1.807) is 7.05 Å². The van der Waals surface area contributed by atoms with Crippen LogP contribution < -0.4 is 0 Å². The predicted molar refractivity (Wildman–Crippen MR) is 144 cm³/mol. The molecule has 4 aliphatic rings. The number of carbonyl (C=O) groups is 1. The normalized spacial score (nSPS) is 44.4. The molecule has 8 heteroatoms. The first kappa shape index (κ1) is 29.3. The van der Waals surface area contributed by atoms with Crippen LogP contribution in [0.1, 0.15) is 91.9 Å². The molecule has 0 bridgehead atoms. The molecular weight excluding hydrogens is 490 g/mol. The summed E-state index contributed by atoms with van der Waals surface area (Å²) >= 11 is 0. The van der Waals surface area contributed by atoms with Crippen molar-refractivity contribution in [2.75, 3.05) is 19.3 Å². The van der Waals surface area contributed by atoms with Gasteiger partial charge in [0, 0.05) is 20.0 Å². The summed E-state index contributed by atoms with van der Waals surface area (Å²) in [6.07, 6.45) is 8.99. The fourth-order valence-corrected chi connectivity index (χ4v) is 10.6. The Morgan fingerprint density at radius 3 is 2.32 bits per heavy atom. The minimum atomic E-state index is -4.08. The Labute approximate surface area is 224 Å². The monoisotopic (exact) mass is 541 g/mol. The molecule has 4 rings (SSSR count). The highest BCUT2D eigenvalue weighted by molar-refractivity contribution is 7.85. The zero-order valence-corrected chi connectivity index (χ0v) is 24.4. The van der Waals surface area contributed by atoms with Crippen LogP contribution in [-0.2, 0) is 14.9 Å². The number of amides is 1. The topological polar surface area (TPSA) is 115 Å². The molecule has 1 amide bonds. The smallest absolute Gasteiger partial charge is 0.266 e. The number of fused-ring (bicyclic) bond motifs is 5. The van der Waals surface area contributed by atoms with Crippen molar-refractivity contribution in [1.29, 1.82) is 0 Å². The molecule has 0 aromatic heterocycles. The van der Waals surface area contributed by atoms with Crippen molar-refractivity contribution in [3.63, 3.8) is 0 Å². The van der Waals surface area contributed by atoms with E-state index in [1.807, 2.05) is 0 Å². The van der Waals surface area contributed by atoms with Gasteiger partial charge < -0.3 is 15.1 Å². The lowest BCUT2D eigenvalue weighted by Crippen LogP contribution is -2.62. The summed E-state index contributed by atoms with van der Waals surface area (Å²) in [5.74, 6) is 2.39. The van der Waals surface area contributed by atoms with Crippen molar-refractivity contribution in [2.45, 2.75) is 104 Å². The predicted octanol–water partition coefficient (Wildman–Crippen LogP) is 4.38. The first-order valence-electron chi connectivity index (χ1n) is 14.8. The Morgan fingerprint density at radius 2 is 1.68 bits per heavy atom. The maximum Gasteiger partial charge on any atom is 0.266 e. The van der Waals surface area contributed by atoms with Gasteiger partial charge in [-0.3, -0.25) is 9.35 Å². The van der Waals surface area contributed by atoms with Crippen LogP contribution in [0, 0.1) is 52.3 Å². The first-order chi connectivity index (χ1) is 17.2. The first-order valence-corrected chi connectivity index (χ1v) is 16.4. The standard InChI is InChI=1S/C29H51NO6S/c1-6-20-24-17-19(31)11-13-29(24,4)23-12-14-28(3)21(8-9-22(28)26(23)27(20)33)18(2)7-10-25(32)30(5)15-16-37(34,35)36/h18-24,26-27,31,33H,6-17H2,1-5H3,(H,34,35,36)/t18-,19-,20-,21-,22+,23+,24+,26+,27-,28-,29-/m1/s1. The van der Waals surface area contributed by atoms with E-state index in [0.717, 1.165) is 51.4 Å². The molecule has 0 aromatic rings. The van der Waals surface area contributed by atoms with Crippen LogP contribution in [0.2, 0.25) is 0 Å². The zero-order valence-electron chi connectivity index (χ0n) is 23.6. The van der Waals surface area contributed by atoms with Gasteiger partial charge in [0.2, 0.25) is 5.91 Å². The van der Waals surface area contributed by atoms with Gasteiger partial charge in [-0.15, -0.1) is 0 Å². The van der Waals surface area contributed by atoms with Gasteiger partial charge in [0.25, 0.3) is 10.1 Å². The summed E-state index contributed by atoms with van der Waals surface area (Å²) < 4.78 is 31.0. The van der Waals surface area contributed by atoms with Crippen molar-refractivity contribution >= 4 is 16.0 Å². The Morgan fingerprint density at radius 1 is 1.03 bits per heavy atom. The minimum Gasteiger partial charge on any atom is -0.393 e. The quantitative estimate of drug-likeness (QED) is 0.393. The molecule has 0 aliphatic heterocycles. The SMILES string of the molecule is CC[C@H]1[C@@H](O)[C@@H]2[C@H](CC[C@]3(C)[C@@H]([C@H](C)CCC(=O)N(C)CCS(=O)(=O)O)CC[C@@H]23)[C@@]2(C)CC[C@@H](O)C[C@@H]12. The summed E-state index contributed by atoms with van der Waals surface area (Å²) in [7, 11) is -2.48. The Hall–Kier alpha value is -0.700. The molecule has 4 fully saturated rings. The van der Waals surface area contributed by atoms with E-state index < -0.39 is 15.9 Å². The molecule has 0 spiro atoms. The number of aliphatic hydroxyl groups excluding tert-OH is 2. The van der Waals surface area contributed by atoms with E-state index in [4.69, 9.17) is 4.55 Å². The molecule has 37 heavy (non-hydrogen) atoms. The molecule has 0 saturated heterocycles. The van der Waals surface area contributed by atoms with Crippen molar-refractivity contribution in [2.24, 2.45) is 52.3 Å². The van der Waals surface area contributed by atoms with Crippen LogP contribution in [0.25, 0.3) is 0 Å². The lowest BCUT2D eigenvalue weighted by molar-refractivity contribution is -0.203. The highest BCUT2D eigenvalue weighted by atomic mass is 32.2. The number of rotatable bonds is 8. The zero-order chi connectivity index (χ0) is 27.3. The van der Waals surface area contributed by atoms with Crippen molar-refractivity contribution in [1.82, 2.24) is 4.90 Å². The third-order valence-corrected chi connectivity index (χ3v) is 12.8. The summed E-state index contributed by atoms with van der Waals surface area (Å²) in [6, 6.07) is 0. The second-order valence-corrected chi connectivity index (χ2v) is 15.3. The maximum atomic E-state index is 12.6. The largest absolute Gasteiger partial charge is 0.393 e. The van der Waals surface area contributed by atoms with Crippen LogP contribution in [0.3, 0.4) is 0 Å². The highest BCUT2D eigenvalue weighted by Crippen LogP contribution is 2.69. The third-order valence-electron chi connectivity index (χ3n) is 12.1. The van der Waals surface area contributed by atoms with Crippen LogP contribution in [0.4, 0.5) is 0 Å². The molecule has 0 radical (unpaired) electrons. The van der Waals surface area contributed by atoms with E-state index in [2.05, 4.69) is 27.7 Å². The van der Waals surface area contributed by atoms with Gasteiger partial charge in [-0.2, -0.15) is 8.42 Å². The summed E-state index contributed by atoms with van der Waals surface area (Å²) in [5.41, 5.74) is 0.366. The number of hydrogen-bond acceptors (Lipinski definition) is 5. The Kier molecular flexibility index (Phi) is 8.47. The molecule has 0 heterocycles. The van der Waals surface area contributed by atoms with Gasteiger partial charge in [-0.25, -0.2) is 0 Å². The lowest BCUT2D eigenvalue weighted by atomic mass is 9.41. The van der Waals surface area contributed by atoms with Gasteiger partial charge >= 0.3 is 0 Å². The second kappa shape index (κ2) is 10.7. The van der Waals surface area contributed by atoms with Crippen molar-refractivity contribution < 1.29 is 28.0 Å². The lowest BCUT2D eigenvalue weighted by Gasteiger charge is -2.64. The van der Waals surface area contributed by atoms with Gasteiger partial charge in [-0.1, -0.05) is 34.1 Å². The van der Waals surface area contributed by atoms with E-state index in [-0.39, 0.29) is 41.4 Å². The summed E-state index contributed by atoms with van der Waals surface area (Å²) in [6.45, 7) is 9.40. The summed E-state index contributed by atoms with van der Waals surface area (Å²) in [4.78, 5) is 14.0.